The summed E-state index contributed by atoms with van der Waals surface area (Å²) >= 11 is 1.24. The molecule has 9 heteroatoms. The third-order valence-corrected chi connectivity index (χ3v) is 4.89. The number of nitro groups is 1. The molecule has 0 saturated heterocycles. The molecule has 0 fully saturated rings. The molecule has 3 rings (SSSR count). The maximum Gasteiger partial charge on any atom is 0.269 e. The Balaban J connectivity index is 1.60. The second-order valence-electron chi connectivity index (χ2n) is 6.20. The van der Waals surface area contributed by atoms with Gasteiger partial charge in [0.05, 0.1) is 17.0 Å². The number of amides is 1. The Morgan fingerprint density at radius 2 is 1.86 bits per heavy atom. The van der Waals surface area contributed by atoms with Crippen molar-refractivity contribution in [3.05, 3.63) is 98.0 Å². The highest BCUT2D eigenvalue weighted by Gasteiger charge is 2.10. The van der Waals surface area contributed by atoms with Crippen molar-refractivity contribution in [3.8, 4) is 0 Å². The van der Waals surface area contributed by atoms with Gasteiger partial charge in [-0.2, -0.15) is 0 Å². The SMILES string of the molecule is O=C(Cc1cc(=O)[nH]c(SCc2cccc([N+](=O)[O-])c2)n1)NCc1ccccc1. The maximum atomic E-state index is 12.2. The summed E-state index contributed by atoms with van der Waals surface area (Å²) in [5.74, 6) is 0.162. The van der Waals surface area contributed by atoms with Gasteiger partial charge in [-0.3, -0.25) is 19.7 Å². The first-order valence-electron chi connectivity index (χ1n) is 8.76. The summed E-state index contributed by atoms with van der Waals surface area (Å²) in [5, 5.41) is 14.0. The Labute approximate surface area is 170 Å². The number of carbonyl (C=O) groups is 1. The van der Waals surface area contributed by atoms with Crippen molar-refractivity contribution >= 4 is 23.4 Å². The van der Waals surface area contributed by atoms with E-state index in [4.69, 9.17) is 0 Å². The molecule has 0 aliphatic carbocycles. The summed E-state index contributed by atoms with van der Waals surface area (Å²) in [6, 6.07) is 17.1. The fourth-order valence-corrected chi connectivity index (χ4v) is 3.41. The van der Waals surface area contributed by atoms with Gasteiger partial charge in [-0.15, -0.1) is 0 Å². The van der Waals surface area contributed by atoms with Gasteiger partial charge >= 0.3 is 0 Å². The Morgan fingerprint density at radius 3 is 2.62 bits per heavy atom. The number of non-ortho nitro benzene ring substituents is 1. The first-order chi connectivity index (χ1) is 14.0. The standard InChI is InChI=1S/C20H18N4O4S/c25-18(21-12-14-5-2-1-3-6-14)10-16-11-19(26)23-20(22-16)29-13-15-7-4-8-17(9-15)24(27)28/h1-9,11H,10,12-13H2,(H,21,25)(H,22,23,26). The molecule has 2 N–H and O–H groups in total. The molecule has 0 bridgehead atoms. The third-order valence-electron chi connectivity index (χ3n) is 3.94. The molecule has 0 aliphatic rings. The smallest absolute Gasteiger partial charge is 0.269 e. The van der Waals surface area contributed by atoms with Gasteiger partial charge in [0.1, 0.15) is 0 Å². The molecule has 8 nitrogen and oxygen atoms in total. The molecule has 2 aromatic carbocycles. The summed E-state index contributed by atoms with van der Waals surface area (Å²) in [4.78, 5) is 41.4. The number of carbonyl (C=O) groups excluding carboxylic acids is 1. The third kappa shape index (κ3) is 6.28. The highest BCUT2D eigenvalue weighted by molar-refractivity contribution is 7.98. The molecule has 0 atom stereocenters. The van der Waals surface area contributed by atoms with Gasteiger partial charge in [-0.05, 0) is 11.1 Å². The molecule has 0 radical (unpaired) electrons. The summed E-state index contributed by atoms with van der Waals surface area (Å²) in [5.41, 5.74) is 1.73. The quantitative estimate of drug-likeness (QED) is 0.255. The summed E-state index contributed by atoms with van der Waals surface area (Å²) in [7, 11) is 0. The highest BCUT2D eigenvalue weighted by Crippen LogP contribution is 2.21. The second-order valence-corrected chi connectivity index (χ2v) is 7.16. The van der Waals surface area contributed by atoms with E-state index in [0.29, 0.717) is 23.1 Å². The number of H-pyrrole nitrogens is 1. The van der Waals surface area contributed by atoms with Crippen LogP contribution in [-0.2, 0) is 23.5 Å². The number of nitrogens with zero attached hydrogens (tertiary/aromatic N) is 2. The van der Waals surface area contributed by atoms with Gasteiger partial charge in [0.15, 0.2) is 5.16 Å². The Morgan fingerprint density at radius 1 is 1.10 bits per heavy atom. The maximum absolute atomic E-state index is 12.2. The van der Waals surface area contributed by atoms with Crippen LogP contribution < -0.4 is 10.9 Å². The van der Waals surface area contributed by atoms with E-state index in [0.717, 1.165) is 11.1 Å². The Kier molecular flexibility index (Phi) is 6.75. The lowest BCUT2D eigenvalue weighted by Crippen LogP contribution is -2.25. The van der Waals surface area contributed by atoms with Gasteiger partial charge in [0.25, 0.3) is 11.2 Å². The number of aromatic amines is 1. The fourth-order valence-electron chi connectivity index (χ4n) is 2.58. The Bertz CT molecular complexity index is 1070. The first kappa shape index (κ1) is 20.3. The van der Waals surface area contributed by atoms with Crippen LogP contribution >= 0.6 is 11.8 Å². The van der Waals surface area contributed by atoms with Crippen molar-refractivity contribution in [2.75, 3.05) is 0 Å². The average molecular weight is 410 g/mol. The number of hydrogen-bond donors (Lipinski definition) is 2. The second kappa shape index (κ2) is 9.65. The Hall–Kier alpha value is -3.46. The van der Waals surface area contributed by atoms with Crippen molar-refractivity contribution in [2.24, 2.45) is 0 Å². The van der Waals surface area contributed by atoms with Crippen LogP contribution in [0.5, 0.6) is 0 Å². The van der Waals surface area contributed by atoms with E-state index in [-0.39, 0.29) is 23.6 Å². The van der Waals surface area contributed by atoms with Gasteiger partial charge in [0, 0.05) is 30.5 Å². The van der Waals surface area contributed by atoms with Crippen molar-refractivity contribution < 1.29 is 9.72 Å². The largest absolute Gasteiger partial charge is 0.352 e. The van der Waals surface area contributed by atoms with Crippen molar-refractivity contribution in [1.82, 2.24) is 15.3 Å². The van der Waals surface area contributed by atoms with Crippen LogP contribution in [0.2, 0.25) is 0 Å². The molecule has 0 saturated carbocycles. The van der Waals surface area contributed by atoms with Gasteiger partial charge in [-0.25, -0.2) is 4.98 Å². The van der Waals surface area contributed by atoms with Crippen LogP contribution in [0.4, 0.5) is 5.69 Å². The lowest BCUT2D eigenvalue weighted by atomic mass is 10.2. The minimum absolute atomic E-state index is 0.00777. The number of thioether (sulfide) groups is 1. The van der Waals surface area contributed by atoms with E-state index >= 15 is 0 Å². The molecule has 29 heavy (non-hydrogen) atoms. The lowest BCUT2D eigenvalue weighted by Gasteiger charge is -2.06. The fraction of sp³-hybridized carbons (Fsp3) is 0.150. The minimum Gasteiger partial charge on any atom is -0.352 e. The molecule has 0 unspecified atom stereocenters. The topological polar surface area (TPSA) is 118 Å². The summed E-state index contributed by atoms with van der Waals surface area (Å²) in [6.45, 7) is 0.400. The molecular formula is C20H18N4O4S. The lowest BCUT2D eigenvalue weighted by molar-refractivity contribution is -0.384. The van der Waals surface area contributed by atoms with E-state index in [1.807, 2.05) is 30.3 Å². The van der Waals surface area contributed by atoms with Crippen molar-refractivity contribution in [1.29, 1.82) is 0 Å². The van der Waals surface area contributed by atoms with Gasteiger partial charge in [0.2, 0.25) is 5.91 Å². The molecule has 0 aliphatic heterocycles. The van der Waals surface area contributed by atoms with Crippen LogP contribution in [-0.4, -0.2) is 20.8 Å². The zero-order chi connectivity index (χ0) is 20.6. The van der Waals surface area contributed by atoms with E-state index in [2.05, 4.69) is 15.3 Å². The van der Waals surface area contributed by atoms with E-state index in [1.165, 1.54) is 30.0 Å². The molecule has 3 aromatic rings. The average Bonchev–Trinajstić information content (AvgIpc) is 2.71. The molecule has 148 valence electrons. The monoisotopic (exact) mass is 410 g/mol. The van der Waals surface area contributed by atoms with E-state index in [9.17, 15) is 19.7 Å². The van der Waals surface area contributed by atoms with Crippen LogP contribution in [0, 0.1) is 10.1 Å². The first-order valence-corrected chi connectivity index (χ1v) is 9.75. The van der Waals surface area contributed by atoms with Crippen LogP contribution in [0.1, 0.15) is 16.8 Å². The van der Waals surface area contributed by atoms with Crippen LogP contribution in [0.15, 0.2) is 70.6 Å². The number of benzene rings is 2. The minimum atomic E-state index is -0.455. The predicted molar refractivity (Wildman–Crippen MR) is 110 cm³/mol. The normalized spacial score (nSPS) is 10.5. The van der Waals surface area contributed by atoms with E-state index < -0.39 is 4.92 Å². The summed E-state index contributed by atoms with van der Waals surface area (Å²) < 4.78 is 0. The molecular weight excluding hydrogens is 392 g/mol. The number of aromatic nitrogens is 2. The van der Waals surface area contributed by atoms with Crippen molar-refractivity contribution in [3.63, 3.8) is 0 Å². The van der Waals surface area contributed by atoms with Crippen LogP contribution in [0.25, 0.3) is 0 Å². The van der Waals surface area contributed by atoms with Crippen molar-refractivity contribution in [2.45, 2.75) is 23.9 Å². The number of rotatable bonds is 8. The number of hydrogen-bond acceptors (Lipinski definition) is 6. The van der Waals surface area contributed by atoms with Crippen LogP contribution in [0.3, 0.4) is 0 Å². The number of nitrogens with one attached hydrogen (secondary N) is 2. The summed E-state index contributed by atoms with van der Waals surface area (Å²) in [6.07, 6.45) is -0.0128. The van der Waals surface area contributed by atoms with E-state index in [1.54, 1.807) is 12.1 Å². The van der Waals surface area contributed by atoms with Gasteiger partial charge in [-0.1, -0.05) is 54.2 Å². The molecule has 1 amide bonds. The number of nitro benzene ring substituents is 1. The zero-order valence-corrected chi connectivity index (χ0v) is 16.1. The van der Waals surface area contributed by atoms with Gasteiger partial charge < -0.3 is 10.3 Å². The molecule has 1 heterocycles. The predicted octanol–water partition coefficient (Wildman–Crippen LogP) is 2.83. The molecule has 1 aromatic heterocycles. The highest BCUT2D eigenvalue weighted by atomic mass is 32.2. The zero-order valence-electron chi connectivity index (χ0n) is 15.3. The molecule has 0 spiro atoms.